The molecule has 0 spiro atoms. The molecule has 1 aliphatic rings. The van der Waals surface area contributed by atoms with Gasteiger partial charge in [0, 0.05) is 17.2 Å². The molecule has 1 atom stereocenters. The van der Waals surface area contributed by atoms with Gasteiger partial charge in [-0.05, 0) is 19.1 Å². The predicted octanol–water partition coefficient (Wildman–Crippen LogP) is 1.32. The second-order valence-electron chi connectivity index (χ2n) is 4.00. The van der Waals surface area contributed by atoms with E-state index in [1.165, 1.54) is 0 Å². The molecule has 0 aromatic heterocycles. The van der Waals surface area contributed by atoms with Crippen LogP contribution < -0.4 is 16.0 Å². The Hall–Kier alpha value is -1.85. The maximum absolute atomic E-state index is 11.2. The van der Waals surface area contributed by atoms with E-state index in [0.29, 0.717) is 17.4 Å². The zero-order valence-electron chi connectivity index (χ0n) is 9.93. The van der Waals surface area contributed by atoms with Gasteiger partial charge in [0.25, 0.3) is 5.91 Å². The summed E-state index contributed by atoms with van der Waals surface area (Å²) in [4.78, 5) is 15.3. The number of quaternary nitrogens is 1. The number of hydrogen-bond donors (Lipinski definition) is 2. The zero-order chi connectivity index (χ0) is 13.3. The van der Waals surface area contributed by atoms with Gasteiger partial charge >= 0.3 is 0 Å². The summed E-state index contributed by atoms with van der Waals surface area (Å²) in [6.45, 7) is 2.59. The summed E-state index contributed by atoms with van der Waals surface area (Å²) in [6.07, 6.45) is 1.62. The predicted molar refractivity (Wildman–Crippen MR) is 72.7 cm³/mol. The third-order valence-electron chi connectivity index (χ3n) is 3.08. The van der Waals surface area contributed by atoms with Crippen LogP contribution in [0.25, 0.3) is 0 Å². The second-order valence-corrected chi connectivity index (χ2v) is 4.44. The van der Waals surface area contributed by atoms with Crippen molar-refractivity contribution in [3.05, 3.63) is 40.8 Å². The Morgan fingerprint density at radius 1 is 1.39 bits per heavy atom. The van der Waals surface area contributed by atoms with E-state index < -0.39 is 5.91 Å². The minimum absolute atomic E-state index is 0.117. The highest BCUT2D eigenvalue weighted by atomic mass is 35.5. The van der Waals surface area contributed by atoms with E-state index in [9.17, 15) is 4.79 Å². The molecule has 1 amide bonds. The average Bonchev–Trinajstić information content (AvgIpc) is 2.68. The lowest BCUT2D eigenvalue weighted by atomic mass is 10.2. The van der Waals surface area contributed by atoms with Gasteiger partial charge in [-0.2, -0.15) is 4.99 Å². The van der Waals surface area contributed by atoms with Gasteiger partial charge < -0.3 is 11.5 Å². The molecule has 1 aliphatic heterocycles. The lowest BCUT2D eigenvalue weighted by Gasteiger charge is -2.28. The summed E-state index contributed by atoms with van der Waals surface area (Å²) in [5.41, 5.74) is 12.3. The first-order chi connectivity index (χ1) is 8.51. The van der Waals surface area contributed by atoms with Crippen molar-refractivity contribution in [2.75, 3.05) is 6.54 Å². The highest BCUT2D eigenvalue weighted by Crippen LogP contribution is 2.31. The molecule has 1 aromatic carbocycles. The molecule has 0 fully saturated rings. The van der Waals surface area contributed by atoms with Crippen LogP contribution in [0.5, 0.6) is 0 Å². The third kappa shape index (κ3) is 1.77. The van der Waals surface area contributed by atoms with Gasteiger partial charge in [-0.3, -0.25) is 4.79 Å². The number of carbonyl (C=O) groups excluding carboxylic acids is 1. The van der Waals surface area contributed by atoms with E-state index in [4.69, 9.17) is 23.1 Å². The van der Waals surface area contributed by atoms with Crippen molar-refractivity contribution in [1.82, 2.24) is 4.48 Å². The quantitative estimate of drug-likeness (QED) is 0.808. The van der Waals surface area contributed by atoms with Crippen LogP contribution >= 0.6 is 11.6 Å². The van der Waals surface area contributed by atoms with Crippen molar-refractivity contribution in [3.63, 3.8) is 0 Å². The zero-order valence-corrected chi connectivity index (χ0v) is 10.7. The molecule has 0 aliphatic carbocycles. The average molecular weight is 266 g/mol. The fourth-order valence-electron chi connectivity index (χ4n) is 2.01. The molecule has 1 unspecified atom stereocenters. The monoisotopic (exact) mass is 265 g/mol. The second kappa shape index (κ2) is 4.44. The fraction of sp³-hybridized carbons (Fsp3) is 0.167. The Morgan fingerprint density at radius 2 is 2.00 bits per heavy atom. The van der Waals surface area contributed by atoms with E-state index in [0.717, 1.165) is 5.69 Å². The van der Waals surface area contributed by atoms with Crippen LogP contribution in [-0.4, -0.2) is 18.8 Å². The Balaban J connectivity index is 2.55. The van der Waals surface area contributed by atoms with Crippen LogP contribution in [0.2, 0.25) is 5.02 Å². The number of nitrogens with zero attached hydrogens (tertiary/aromatic N) is 2. The Kier molecular flexibility index (Phi) is 3.11. The third-order valence-corrected chi connectivity index (χ3v) is 3.33. The van der Waals surface area contributed by atoms with Gasteiger partial charge in [-0.15, -0.1) is 0 Å². The van der Waals surface area contributed by atoms with Gasteiger partial charge in [-0.25, -0.2) is 4.48 Å². The molecule has 94 valence electrons. The van der Waals surface area contributed by atoms with Crippen LogP contribution in [0.4, 0.5) is 5.69 Å². The summed E-state index contributed by atoms with van der Waals surface area (Å²) < 4.78 is 0.190. The van der Waals surface area contributed by atoms with Crippen molar-refractivity contribution < 1.29 is 4.79 Å². The van der Waals surface area contributed by atoms with Gasteiger partial charge in [0.1, 0.15) is 5.69 Å². The maximum Gasteiger partial charge on any atom is 0.275 e. The van der Waals surface area contributed by atoms with E-state index in [-0.39, 0.29) is 10.2 Å². The van der Waals surface area contributed by atoms with Gasteiger partial charge in [0.2, 0.25) is 17.9 Å². The molecule has 4 N–H and O–H groups in total. The molecular weight excluding hydrogens is 252 g/mol. The number of benzene rings is 1. The molecule has 0 saturated carbocycles. The van der Waals surface area contributed by atoms with E-state index in [2.05, 4.69) is 4.99 Å². The SMILES string of the molecule is CC[N+]1(c2ccc(Cl)cc2)C=NC(C(N)=O)=C1N. The minimum Gasteiger partial charge on any atom is -0.364 e. The van der Waals surface area contributed by atoms with Gasteiger partial charge in [0.05, 0.1) is 6.54 Å². The van der Waals surface area contributed by atoms with Crippen LogP contribution in [0, 0.1) is 0 Å². The van der Waals surface area contributed by atoms with Crippen molar-refractivity contribution in [2.24, 2.45) is 16.5 Å². The normalized spacial score (nSPS) is 22.6. The summed E-state index contributed by atoms with van der Waals surface area (Å²) in [7, 11) is 0. The first-order valence-corrected chi connectivity index (χ1v) is 5.88. The number of hydrogen-bond acceptors (Lipinski definition) is 3. The molecular formula is C12H14ClN4O+. The summed E-state index contributed by atoms with van der Waals surface area (Å²) in [5.74, 6) is -0.279. The van der Waals surface area contributed by atoms with Crippen molar-refractivity contribution >= 4 is 29.5 Å². The summed E-state index contributed by atoms with van der Waals surface area (Å²) in [6, 6.07) is 7.26. The summed E-state index contributed by atoms with van der Waals surface area (Å²) in [5, 5.41) is 0.641. The van der Waals surface area contributed by atoms with E-state index >= 15 is 0 Å². The lowest BCUT2D eigenvalue weighted by molar-refractivity contribution is -0.114. The Labute approximate surface area is 110 Å². The fourth-order valence-corrected chi connectivity index (χ4v) is 2.14. The van der Waals surface area contributed by atoms with E-state index in [1.54, 1.807) is 18.5 Å². The van der Waals surface area contributed by atoms with Crippen LogP contribution in [0.3, 0.4) is 0 Å². The molecule has 1 heterocycles. The molecule has 5 nitrogen and oxygen atoms in total. The number of rotatable bonds is 3. The van der Waals surface area contributed by atoms with Crippen molar-refractivity contribution in [2.45, 2.75) is 6.92 Å². The van der Waals surface area contributed by atoms with Crippen LogP contribution in [-0.2, 0) is 4.79 Å². The van der Waals surface area contributed by atoms with Gasteiger partial charge in [-0.1, -0.05) is 11.6 Å². The first kappa shape index (κ1) is 12.6. The topological polar surface area (TPSA) is 81.5 Å². The van der Waals surface area contributed by atoms with Crippen molar-refractivity contribution in [1.29, 1.82) is 0 Å². The first-order valence-electron chi connectivity index (χ1n) is 5.50. The lowest BCUT2D eigenvalue weighted by Crippen LogP contribution is -2.48. The summed E-state index contributed by atoms with van der Waals surface area (Å²) >= 11 is 5.86. The Morgan fingerprint density at radius 3 is 2.44 bits per heavy atom. The highest BCUT2D eigenvalue weighted by molar-refractivity contribution is 6.30. The molecule has 6 heteroatoms. The number of amides is 1. The number of aliphatic imine (C=N–C) groups is 1. The minimum atomic E-state index is -0.619. The smallest absolute Gasteiger partial charge is 0.275 e. The molecule has 1 aromatic rings. The molecule has 0 bridgehead atoms. The van der Waals surface area contributed by atoms with E-state index in [1.807, 2.05) is 19.1 Å². The van der Waals surface area contributed by atoms with Crippen LogP contribution in [0.15, 0.2) is 40.8 Å². The number of carbonyl (C=O) groups is 1. The number of halogens is 1. The highest BCUT2D eigenvalue weighted by Gasteiger charge is 2.39. The number of nitrogens with two attached hydrogens (primary N) is 2. The Bertz CT molecular complexity index is 550. The molecule has 18 heavy (non-hydrogen) atoms. The largest absolute Gasteiger partial charge is 0.364 e. The molecule has 2 rings (SSSR count). The number of primary amides is 1. The van der Waals surface area contributed by atoms with Crippen LogP contribution in [0.1, 0.15) is 6.92 Å². The standard InChI is InChI=1S/C12H13ClN4O/c1-2-17(9-5-3-8(13)4-6-9)7-16-10(11(17)14)12(15)18/h3-7H,2H2,1H3,(H3-,14,15,18)/p+1. The maximum atomic E-state index is 11.2. The molecule has 0 saturated heterocycles. The molecule has 0 radical (unpaired) electrons. The van der Waals surface area contributed by atoms with Gasteiger partial charge in [0.15, 0.2) is 0 Å². The van der Waals surface area contributed by atoms with Crippen molar-refractivity contribution in [3.8, 4) is 0 Å².